The Morgan fingerprint density at radius 2 is 2.11 bits per heavy atom. The molecule has 4 nitrogen and oxygen atoms in total. The number of hydrogen-bond donors (Lipinski definition) is 1. The SMILES string of the molecule is CCOC(=O)CCCCOc1cc(N)ccc1Cl.Cl. The summed E-state index contributed by atoms with van der Waals surface area (Å²) in [6, 6.07) is 5.11. The van der Waals surface area contributed by atoms with Crippen molar-refractivity contribution in [2.45, 2.75) is 26.2 Å². The molecule has 0 heterocycles. The summed E-state index contributed by atoms with van der Waals surface area (Å²) >= 11 is 5.95. The number of esters is 1. The first-order valence-corrected chi connectivity index (χ1v) is 6.34. The van der Waals surface area contributed by atoms with Crippen LogP contribution in [0.4, 0.5) is 5.69 Å². The Labute approximate surface area is 124 Å². The second-order valence-corrected chi connectivity index (χ2v) is 4.21. The van der Waals surface area contributed by atoms with E-state index in [9.17, 15) is 4.79 Å². The van der Waals surface area contributed by atoms with Crippen molar-refractivity contribution in [2.24, 2.45) is 0 Å². The van der Waals surface area contributed by atoms with Crippen LogP contribution in [0.25, 0.3) is 0 Å². The second kappa shape index (κ2) is 9.75. The highest BCUT2D eigenvalue weighted by molar-refractivity contribution is 6.32. The Kier molecular flexibility index (Phi) is 9.17. The molecule has 1 aromatic rings. The fourth-order valence-corrected chi connectivity index (χ4v) is 1.59. The predicted octanol–water partition coefficient (Wildman–Crippen LogP) is 3.46. The van der Waals surface area contributed by atoms with Gasteiger partial charge in [0.15, 0.2) is 0 Å². The van der Waals surface area contributed by atoms with Crippen molar-refractivity contribution in [1.82, 2.24) is 0 Å². The highest BCUT2D eigenvalue weighted by Gasteiger charge is 2.03. The Bertz CT molecular complexity index is 399. The second-order valence-electron chi connectivity index (χ2n) is 3.80. The molecule has 108 valence electrons. The van der Waals surface area contributed by atoms with E-state index >= 15 is 0 Å². The number of carbonyl (C=O) groups is 1. The maximum absolute atomic E-state index is 11.1. The molecule has 0 unspecified atom stereocenters. The van der Waals surface area contributed by atoms with E-state index < -0.39 is 0 Å². The molecule has 0 amide bonds. The van der Waals surface area contributed by atoms with Crippen LogP contribution in [-0.4, -0.2) is 19.2 Å². The lowest BCUT2D eigenvalue weighted by Crippen LogP contribution is -2.05. The van der Waals surface area contributed by atoms with Crippen LogP contribution in [0.1, 0.15) is 26.2 Å². The molecule has 19 heavy (non-hydrogen) atoms. The number of ether oxygens (including phenoxy) is 2. The summed E-state index contributed by atoms with van der Waals surface area (Å²) in [4.78, 5) is 11.1. The number of nitrogens with two attached hydrogens (primary N) is 1. The van der Waals surface area contributed by atoms with E-state index in [0.29, 0.717) is 36.1 Å². The van der Waals surface area contributed by atoms with Crippen LogP contribution in [0.2, 0.25) is 5.02 Å². The summed E-state index contributed by atoms with van der Waals surface area (Å²) in [5.74, 6) is 0.410. The zero-order valence-electron chi connectivity index (χ0n) is 10.9. The van der Waals surface area contributed by atoms with Gasteiger partial charge in [-0.25, -0.2) is 0 Å². The largest absolute Gasteiger partial charge is 0.492 e. The molecule has 0 bridgehead atoms. The molecular weight excluding hydrogens is 289 g/mol. The first-order chi connectivity index (χ1) is 8.63. The molecule has 0 aliphatic heterocycles. The van der Waals surface area contributed by atoms with Crippen molar-refractivity contribution in [1.29, 1.82) is 0 Å². The normalized spacial score (nSPS) is 9.58. The number of unbranched alkanes of at least 4 members (excludes halogenated alkanes) is 1. The van der Waals surface area contributed by atoms with Crippen molar-refractivity contribution in [3.05, 3.63) is 23.2 Å². The van der Waals surface area contributed by atoms with E-state index in [4.69, 9.17) is 26.8 Å². The molecule has 0 aliphatic rings. The molecule has 0 saturated carbocycles. The van der Waals surface area contributed by atoms with Gasteiger partial charge >= 0.3 is 5.97 Å². The lowest BCUT2D eigenvalue weighted by molar-refractivity contribution is -0.143. The van der Waals surface area contributed by atoms with Crippen LogP contribution in [0.5, 0.6) is 5.75 Å². The van der Waals surface area contributed by atoms with Gasteiger partial charge in [0.05, 0.1) is 18.2 Å². The Hall–Kier alpha value is -1.13. The Morgan fingerprint density at radius 1 is 1.37 bits per heavy atom. The molecule has 0 radical (unpaired) electrons. The molecule has 6 heteroatoms. The third kappa shape index (κ3) is 7.13. The molecule has 0 atom stereocenters. The van der Waals surface area contributed by atoms with Gasteiger partial charge in [-0.15, -0.1) is 12.4 Å². The van der Waals surface area contributed by atoms with E-state index in [1.54, 1.807) is 25.1 Å². The topological polar surface area (TPSA) is 61.5 Å². The number of hydrogen-bond acceptors (Lipinski definition) is 4. The van der Waals surface area contributed by atoms with Crippen LogP contribution in [-0.2, 0) is 9.53 Å². The van der Waals surface area contributed by atoms with Crippen molar-refractivity contribution >= 4 is 35.7 Å². The maximum Gasteiger partial charge on any atom is 0.305 e. The van der Waals surface area contributed by atoms with Crippen molar-refractivity contribution in [3.8, 4) is 5.75 Å². The van der Waals surface area contributed by atoms with Crippen LogP contribution < -0.4 is 10.5 Å². The number of carbonyl (C=O) groups excluding carboxylic acids is 1. The number of anilines is 1. The summed E-state index contributed by atoms with van der Waals surface area (Å²) in [5, 5.41) is 0.537. The minimum absolute atomic E-state index is 0. The monoisotopic (exact) mass is 307 g/mol. The third-order valence-electron chi connectivity index (χ3n) is 2.29. The minimum Gasteiger partial charge on any atom is -0.492 e. The van der Waals surface area contributed by atoms with E-state index in [1.165, 1.54) is 0 Å². The van der Waals surface area contributed by atoms with Gasteiger partial charge < -0.3 is 15.2 Å². The molecule has 1 rings (SSSR count). The first-order valence-electron chi connectivity index (χ1n) is 5.97. The van der Waals surface area contributed by atoms with Gasteiger partial charge in [-0.2, -0.15) is 0 Å². The van der Waals surface area contributed by atoms with Crippen molar-refractivity contribution in [3.63, 3.8) is 0 Å². The van der Waals surface area contributed by atoms with Gasteiger partial charge in [-0.05, 0) is 31.9 Å². The van der Waals surface area contributed by atoms with E-state index in [-0.39, 0.29) is 18.4 Å². The fraction of sp³-hybridized carbons (Fsp3) is 0.462. The lowest BCUT2D eigenvalue weighted by atomic mass is 10.2. The number of benzene rings is 1. The molecule has 0 spiro atoms. The van der Waals surface area contributed by atoms with Crippen molar-refractivity contribution < 1.29 is 14.3 Å². The average molecular weight is 308 g/mol. The standard InChI is InChI=1S/C13H18ClNO3.ClH/c1-2-17-13(16)5-3-4-8-18-12-9-10(15)6-7-11(12)14;/h6-7,9H,2-5,8,15H2,1H3;1H. The quantitative estimate of drug-likeness (QED) is 0.476. The zero-order chi connectivity index (χ0) is 13.4. The van der Waals surface area contributed by atoms with Gasteiger partial charge in [0, 0.05) is 18.2 Å². The zero-order valence-corrected chi connectivity index (χ0v) is 12.4. The molecule has 0 aromatic heterocycles. The van der Waals surface area contributed by atoms with Gasteiger partial charge in [0.1, 0.15) is 5.75 Å². The first kappa shape index (κ1) is 17.9. The van der Waals surface area contributed by atoms with Crippen LogP contribution in [0.15, 0.2) is 18.2 Å². The molecule has 0 saturated heterocycles. The van der Waals surface area contributed by atoms with Gasteiger partial charge in [-0.1, -0.05) is 11.6 Å². The molecular formula is C13H19Cl2NO3. The van der Waals surface area contributed by atoms with E-state index in [1.807, 2.05) is 0 Å². The number of rotatable bonds is 7. The summed E-state index contributed by atoms with van der Waals surface area (Å²) in [6.07, 6.45) is 1.92. The molecule has 1 aromatic carbocycles. The van der Waals surface area contributed by atoms with Crippen LogP contribution in [0, 0.1) is 0 Å². The molecule has 2 N–H and O–H groups in total. The summed E-state index contributed by atoms with van der Waals surface area (Å²) < 4.78 is 10.3. The molecule has 0 aliphatic carbocycles. The van der Waals surface area contributed by atoms with E-state index in [0.717, 1.165) is 12.8 Å². The van der Waals surface area contributed by atoms with Crippen LogP contribution >= 0.6 is 24.0 Å². The molecule has 0 fully saturated rings. The fourth-order valence-electron chi connectivity index (χ4n) is 1.42. The highest BCUT2D eigenvalue weighted by atomic mass is 35.5. The average Bonchev–Trinajstić information content (AvgIpc) is 2.33. The van der Waals surface area contributed by atoms with Gasteiger partial charge in [0.2, 0.25) is 0 Å². The summed E-state index contributed by atoms with van der Waals surface area (Å²) in [7, 11) is 0. The van der Waals surface area contributed by atoms with Gasteiger partial charge in [-0.3, -0.25) is 4.79 Å². The smallest absolute Gasteiger partial charge is 0.305 e. The summed E-state index contributed by atoms with van der Waals surface area (Å²) in [6.45, 7) is 2.72. The minimum atomic E-state index is -0.167. The Balaban J connectivity index is 0.00000324. The van der Waals surface area contributed by atoms with Crippen LogP contribution in [0.3, 0.4) is 0 Å². The Morgan fingerprint density at radius 3 is 2.79 bits per heavy atom. The lowest BCUT2D eigenvalue weighted by Gasteiger charge is -2.08. The van der Waals surface area contributed by atoms with Gasteiger partial charge in [0.25, 0.3) is 0 Å². The van der Waals surface area contributed by atoms with E-state index in [2.05, 4.69) is 0 Å². The predicted molar refractivity (Wildman–Crippen MR) is 79.1 cm³/mol. The third-order valence-corrected chi connectivity index (χ3v) is 2.61. The summed E-state index contributed by atoms with van der Waals surface area (Å²) in [5.41, 5.74) is 6.24. The maximum atomic E-state index is 11.1. The number of halogens is 2. The number of nitrogen functional groups attached to an aromatic ring is 1. The van der Waals surface area contributed by atoms with Crippen molar-refractivity contribution in [2.75, 3.05) is 18.9 Å². The highest BCUT2D eigenvalue weighted by Crippen LogP contribution is 2.26.